The van der Waals surface area contributed by atoms with E-state index < -0.39 is 0 Å². The maximum Gasteiger partial charge on any atom is 0.128 e. The third-order valence-electron chi connectivity index (χ3n) is 2.55. The molecule has 0 aliphatic heterocycles. The lowest BCUT2D eigenvalue weighted by atomic mass is 10.2. The van der Waals surface area contributed by atoms with Crippen molar-refractivity contribution < 1.29 is 0 Å². The zero-order valence-corrected chi connectivity index (χ0v) is 9.80. The monoisotopic (exact) mass is 225 g/mol. The first-order chi connectivity index (χ1) is 8.27. The van der Waals surface area contributed by atoms with E-state index in [1.165, 1.54) is 0 Å². The molecular weight excluding hydrogens is 210 g/mol. The van der Waals surface area contributed by atoms with Gasteiger partial charge in [0.05, 0.1) is 12.2 Å². The number of rotatable bonds is 3. The van der Waals surface area contributed by atoms with Gasteiger partial charge in [-0.25, -0.2) is 0 Å². The van der Waals surface area contributed by atoms with Gasteiger partial charge >= 0.3 is 0 Å². The maximum atomic E-state index is 8.08. The van der Waals surface area contributed by atoms with Gasteiger partial charge in [-0.05, 0) is 12.1 Å². The number of amidine groups is 1. The average molecular weight is 225 g/mol. The highest BCUT2D eigenvalue weighted by Crippen LogP contribution is 2.06. The predicted molar refractivity (Wildman–Crippen MR) is 69.0 cm³/mol. The minimum Gasteiger partial charge on any atom is -0.354 e. The van der Waals surface area contributed by atoms with Crippen molar-refractivity contribution in [1.82, 2.24) is 9.88 Å². The number of aromatic nitrogens is 1. The second kappa shape index (κ2) is 5.25. The molecule has 1 aromatic carbocycles. The van der Waals surface area contributed by atoms with Crippen molar-refractivity contribution in [3.05, 3.63) is 66.0 Å². The van der Waals surface area contributed by atoms with Gasteiger partial charge < -0.3 is 4.90 Å². The Morgan fingerprint density at radius 3 is 2.47 bits per heavy atom. The minimum atomic E-state index is 0.510. The van der Waals surface area contributed by atoms with Crippen LogP contribution in [0.3, 0.4) is 0 Å². The fraction of sp³-hybridized carbons (Fsp3) is 0.143. The summed E-state index contributed by atoms with van der Waals surface area (Å²) in [5.41, 5.74) is 1.89. The lowest BCUT2D eigenvalue weighted by molar-refractivity contribution is 0.490. The molecule has 1 N–H and O–H groups in total. The summed E-state index contributed by atoms with van der Waals surface area (Å²) in [6.07, 6.45) is 1.77. The number of hydrogen-bond acceptors (Lipinski definition) is 2. The van der Waals surface area contributed by atoms with Crippen LogP contribution in [0.1, 0.15) is 11.3 Å². The molecule has 17 heavy (non-hydrogen) atoms. The number of pyridine rings is 1. The van der Waals surface area contributed by atoms with Gasteiger partial charge in [0.25, 0.3) is 0 Å². The molecule has 1 aromatic heterocycles. The first-order valence-corrected chi connectivity index (χ1v) is 5.52. The second-order valence-electron chi connectivity index (χ2n) is 3.89. The molecule has 0 atom stereocenters. The molecule has 3 heteroatoms. The number of nitrogens with zero attached hydrogens (tertiary/aromatic N) is 2. The van der Waals surface area contributed by atoms with Gasteiger partial charge in [-0.15, -0.1) is 0 Å². The molecule has 3 nitrogen and oxygen atoms in total. The molecule has 0 spiro atoms. The Hall–Kier alpha value is -2.16. The van der Waals surface area contributed by atoms with Crippen LogP contribution in [0.4, 0.5) is 0 Å². The molecule has 0 amide bonds. The molecule has 0 saturated carbocycles. The quantitative estimate of drug-likeness (QED) is 0.644. The first kappa shape index (κ1) is 11.3. The van der Waals surface area contributed by atoms with Crippen molar-refractivity contribution in [2.24, 2.45) is 0 Å². The van der Waals surface area contributed by atoms with Crippen molar-refractivity contribution in [2.45, 2.75) is 6.54 Å². The SMILES string of the molecule is CN(Cc1ccccn1)C(=N)c1ccccc1. The van der Waals surface area contributed by atoms with E-state index in [0.29, 0.717) is 12.4 Å². The Morgan fingerprint density at radius 2 is 1.82 bits per heavy atom. The summed E-state index contributed by atoms with van der Waals surface area (Å²) in [6, 6.07) is 15.5. The van der Waals surface area contributed by atoms with E-state index in [0.717, 1.165) is 11.3 Å². The van der Waals surface area contributed by atoms with Crippen molar-refractivity contribution in [3.63, 3.8) is 0 Å². The van der Waals surface area contributed by atoms with Crippen LogP contribution in [0.2, 0.25) is 0 Å². The van der Waals surface area contributed by atoms with E-state index >= 15 is 0 Å². The molecule has 0 saturated heterocycles. The second-order valence-corrected chi connectivity index (χ2v) is 3.89. The van der Waals surface area contributed by atoms with Crippen LogP contribution in [0, 0.1) is 5.41 Å². The maximum absolute atomic E-state index is 8.08. The molecule has 0 aliphatic carbocycles. The molecule has 0 bridgehead atoms. The standard InChI is InChI=1S/C14H15N3/c1-17(11-13-9-5-6-10-16-13)14(15)12-7-3-2-4-8-12/h2-10,15H,11H2,1H3. The van der Waals surface area contributed by atoms with E-state index in [1.807, 2.05) is 60.5 Å². The van der Waals surface area contributed by atoms with E-state index in [-0.39, 0.29) is 0 Å². The van der Waals surface area contributed by atoms with Crippen molar-refractivity contribution in [1.29, 1.82) is 5.41 Å². The Kier molecular flexibility index (Phi) is 3.50. The van der Waals surface area contributed by atoms with Gasteiger partial charge in [0.2, 0.25) is 0 Å². The first-order valence-electron chi connectivity index (χ1n) is 5.52. The highest BCUT2D eigenvalue weighted by molar-refractivity contribution is 5.96. The summed E-state index contributed by atoms with van der Waals surface area (Å²) in [5.74, 6) is 0.510. The number of nitrogens with one attached hydrogen (secondary N) is 1. The van der Waals surface area contributed by atoms with Crippen LogP contribution in [0.5, 0.6) is 0 Å². The highest BCUT2D eigenvalue weighted by Gasteiger charge is 2.07. The Bertz CT molecular complexity index is 479. The van der Waals surface area contributed by atoms with Crippen molar-refractivity contribution in [3.8, 4) is 0 Å². The third-order valence-corrected chi connectivity index (χ3v) is 2.55. The largest absolute Gasteiger partial charge is 0.354 e. The molecule has 2 rings (SSSR count). The molecule has 0 radical (unpaired) electrons. The van der Waals surface area contributed by atoms with Gasteiger partial charge in [-0.1, -0.05) is 36.4 Å². The van der Waals surface area contributed by atoms with Gasteiger partial charge in [0.15, 0.2) is 0 Å². The lowest BCUT2D eigenvalue weighted by Crippen LogP contribution is -2.26. The van der Waals surface area contributed by atoms with Gasteiger partial charge in [-0.3, -0.25) is 10.4 Å². The van der Waals surface area contributed by atoms with Crippen LogP contribution in [-0.4, -0.2) is 22.8 Å². The zero-order valence-electron chi connectivity index (χ0n) is 9.80. The normalized spacial score (nSPS) is 9.94. The average Bonchev–Trinajstić information content (AvgIpc) is 2.40. The molecule has 0 fully saturated rings. The topological polar surface area (TPSA) is 40.0 Å². The fourth-order valence-electron chi connectivity index (χ4n) is 1.63. The Balaban J connectivity index is 2.06. The van der Waals surface area contributed by atoms with Crippen LogP contribution < -0.4 is 0 Å². The molecule has 0 unspecified atom stereocenters. The smallest absolute Gasteiger partial charge is 0.128 e. The third kappa shape index (κ3) is 2.91. The van der Waals surface area contributed by atoms with Crippen LogP contribution >= 0.6 is 0 Å². The Morgan fingerprint density at radius 1 is 1.12 bits per heavy atom. The lowest BCUT2D eigenvalue weighted by Gasteiger charge is -2.19. The van der Waals surface area contributed by atoms with Gasteiger partial charge in [0.1, 0.15) is 5.84 Å². The van der Waals surface area contributed by atoms with E-state index in [4.69, 9.17) is 5.41 Å². The summed E-state index contributed by atoms with van der Waals surface area (Å²) in [6.45, 7) is 0.647. The summed E-state index contributed by atoms with van der Waals surface area (Å²) < 4.78 is 0. The highest BCUT2D eigenvalue weighted by atomic mass is 15.1. The summed E-state index contributed by atoms with van der Waals surface area (Å²) in [5, 5.41) is 8.08. The van der Waals surface area contributed by atoms with Crippen LogP contribution in [-0.2, 0) is 6.54 Å². The van der Waals surface area contributed by atoms with Crippen molar-refractivity contribution >= 4 is 5.84 Å². The molecule has 2 aromatic rings. The van der Waals surface area contributed by atoms with Crippen molar-refractivity contribution in [2.75, 3.05) is 7.05 Å². The molecule has 1 heterocycles. The molecular formula is C14H15N3. The van der Waals surface area contributed by atoms with Crippen LogP contribution in [0.25, 0.3) is 0 Å². The van der Waals surface area contributed by atoms with Gasteiger partial charge in [0, 0.05) is 18.8 Å². The van der Waals surface area contributed by atoms with Gasteiger partial charge in [-0.2, -0.15) is 0 Å². The molecule has 0 aliphatic rings. The summed E-state index contributed by atoms with van der Waals surface area (Å²) >= 11 is 0. The summed E-state index contributed by atoms with van der Waals surface area (Å²) in [7, 11) is 1.91. The summed E-state index contributed by atoms with van der Waals surface area (Å²) in [4.78, 5) is 6.14. The predicted octanol–water partition coefficient (Wildman–Crippen LogP) is 2.54. The number of benzene rings is 1. The van der Waals surface area contributed by atoms with E-state index in [1.54, 1.807) is 6.20 Å². The minimum absolute atomic E-state index is 0.510. The Labute approximate surface area is 101 Å². The molecule has 86 valence electrons. The van der Waals surface area contributed by atoms with E-state index in [2.05, 4.69) is 4.98 Å². The zero-order chi connectivity index (χ0) is 12.1. The van der Waals surface area contributed by atoms with E-state index in [9.17, 15) is 0 Å². The number of hydrogen-bond donors (Lipinski definition) is 1. The van der Waals surface area contributed by atoms with Crippen LogP contribution in [0.15, 0.2) is 54.7 Å². The fourth-order valence-corrected chi connectivity index (χ4v) is 1.63.